The highest BCUT2D eigenvalue weighted by atomic mass is 127. The van der Waals surface area contributed by atoms with Gasteiger partial charge in [0.25, 0.3) is 0 Å². The lowest BCUT2D eigenvalue weighted by molar-refractivity contribution is 0.901. The molecule has 0 bridgehead atoms. The lowest BCUT2D eigenvalue weighted by Crippen LogP contribution is -2.05. The molecule has 2 rings (SSSR count). The maximum absolute atomic E-state index is 4.44. The monoisotopic (exact) mass is 329 g/mol. The van der Waals surface area contributed by atoms with Crippen LogP contribution in [0.1, 0.15) is 5.69 Å². The molecule has 0 spiro atoms. The zero-order valence-electron chi connectivity index (χ0n) is 9.32. The highest BCUT2D eigenvalue weighted by Gasteiger charge is 2.12. The molecule has 0 aliphatic rings. The first-order chi connectivity index (χ1) is 7.63. The van der Waals surface area contributed by atoms with Crippen molar-refractivity contribution in [2.24, 2.45) is 7.05 Å². The van der Waals surface area contributed by atoms with Crippen LogP contribution in [0.25, 0.3) is 11.6 Å². The Morgan fingerprint density at radius 1 is 1.38 bits per heavy atom. The van der Waals surface area contributed by atoms with E-state index >= 15 is 0 Å². The normalized spacial score (nSPS) is 10.5. The van der Waals surface area contributed by atoms with E-state index < -0.39 is 0 Å². The number of imidazole rings is 1. The quantitative estimate of drug-likeness (QED) is 0.854. The molecule has 0 saturated carbocycles. The Morgan fingerprint density at radius 2 is 2.12 bits per heavy atom. The average Bonchev–Trinajstić information content (AvgIpc) is 2.68. The second-order valence-electron chi connectivity index (χ2n) is 3.41. The standard InChI is InChI=1S/C10H12IN5/c1-6-7(11)8(12-2)15-9(14-6)10-13-4-5-16(10)3/h4-5H,1-3H3,(H,12,14,15). The maximum Gasteiger partial charge on any atom is 0.198 e. The molecule has 16 heavy (non-hydrogen) atoms. The van der Waals surface area contributed by atoms with E-state index in [9.17, 15) is 0 Å². The van der Waals surface area contributed by atoms with Crippen molar-refractivity contribution in [1.29, 1.82) is 0 Å². The van der Waals surface area contributed by atoms with Gasteiger partial charge in [0, 0.05) is 26.5 Å². The van der Waals surface area contributed by atoms with Crippen molar-refractivity contribution in [2.75, 3.05) is 12.4 Å². The van der Waals surface area contributed by atoms with Crippen LogP contribution in [0.2, 0.25) is 0 Å². The summed E-state index contributed by atoms with van der Waals surface area (Å²) in [5.41, 5.74) is 0.956. The summed E-state index contributed by atoms with van der Waals surface area (Å²) >= 11 is 2.23. The van der Waals surface area contributed by atoms with Gasteiger partial charge < -0.3 is 9.88 Å². The van der Waals surface area contributed by atoms with Gasteiger partial charge in [0.15, 0.2) is 11.6 Å². The summed E-state index contributed by atoms with van der Waals surface area (Å²) in [6.45, 7) is 1.97. The smallest absolute Gasteiger partial charge is 0.198 e. The second kappa shape index (κ2) is 4.36. The minimum atomic E-state index is 0.648. The molecule has 2 aromatic heterocycles. The Hall–Kier alpha value is -1.18. The van der Waals surface area contributed by atoms with E-state index in [2.05, 4.69) is 42.9 Å². The zero-order valence-corrected chi connectivity index (χ0v) is 11.5. The minimum Gasteiger partial charge on any atom is -0.372 e. The van der Waals surface area contributed by atoms with Gasteiger partial charge in [0.1, 0.15) is 5.82 Å². The molecule has 0 aliphatic heterocycles. The van der Waals surface area contributed by atoms with Crippen molar-refractivity contribution in [3.63, 3.8) is 0 Å². The Balaban J connectivity index is 2.59. The van der Waals surface area contributed by atoms with Gasteiger partial charge in [0.05, 0.1) is 9.26 Å². The van der Waals surface area contributed by atoms with Gasteiger partial charge in [-0.05, 0) is 29.5 Å². The molecule has 0 amide bonds. The third-order valence-corrected chi connectivity index (χ3v) is 3.57. The topological polar surface area (TPSA) is 55.6 Å². The van der Waals surface area contributed by atoms with Gasteiger partial charge in [-0.1, -0.05) is 0 Å². The number of aromatic nitrogens is 4. The van der Waals surface area contributed by atoms with Crippen LogP contribution in [0.5, 0.6) is 0 Å². The Kier molecular flexibility index (Phi) is 3.08. The van der Waals surface area contributed by atoms with E-state index in [1.807, 2.05) is 31.8 Å². The summed E-state index contributed by atoms with van der Waals surface area (Å²) in [5, 5.41) is 3.06. The number of anilines is 1. The maximum atomic E-state index is 4.44. The number of nitrogens with zero attached hydrogens (tertiary/aromatic N) is 4. The molecule has 6 heteroatoms. The third-order valence-electron chi connectivity index (χ3n) is 2.27. The first kappa shape index (κ1) is 11.3. The molecule has 0 radical (unpaired) electrons. The van der Waals surface area contributed by atoms with Crippen LogP contribution in [-0.4, -0.2) is 26.6 Å². The van der Waals surface area contributed by atoms with Crippen LogP contribution in [0.3, 0.4) is 0 Å². The number of hydrogen-bond acceptors (Lipinski definition) is 4. The molecule has 0 fully saturated rings. The van der Waals surface area contributed by atoms with Gasteiger partial charge in [-0.2, -0.15) is 0 Å². The molecule has 0 aromatic carbocycles. The lowest BCUT2D eigenvalue weighted by Gasteiger charge is -2.08. The van der Waals surface area contributed by atoms with E-state index in [0.717, 1.165) is 20.9 Å². The van der Waals surface area contributed by atoms with Gasteiger partial charge >= 0.3 is 0 Å². The molecule has 0 atom stereocenters. The second-order valence-corrected chi connectivity index (χ2v) is 4.49. The average molecular weight is 329 g/mol. The van der Waals surface area contributed by atoms with Crippen molar-refractivity contribution in [3.8, 4) is 11.6 Å². The summed E-state index contributed by atoms with van der Waals surface area (Å²) < 4.78 is 2.94. The first-order valence-electron chi connectivity index (χ1n) is 4.83. The first-order valence-corrected chi connectivity index (χ1v) is 5.91. The fraction of sp³-hybridized carbons (Fsp3) is 0.300. The van der Waals surface area contributed by atoms with E-state index in [0.29, 0.717) is 5.82 Å². The Morgan fingerprint density at radius 3 is 2.69 bits per heavy atom. The molecule has 5 nitrogen and oxygen atoms in total. The van der Waals surface area contributed by atoms with E-state index in [1.165, 1.54) is 0 Å². The number of rotatable bonds is 2. The molecule has 84 valence electrons. The number of hydrogen-bond donors (Lipinski definition) is 1. The molecule has 2 aromatic rings. The fourth-order valence-electron chi connectivity index (χ4n) is 1.41. The summed E-state index contributed by atoms with van der Waals surface area (Å²) in [6, 6.07) is 0. The van der Waals surface area contributed by atoms with Crippen molar-refractivity contribution in [2.45, 2.75) is 6.92 Å². The van der Waals surface area contributed by atoms with E-state index in [1.54, 1.807) is 6.20 Å². The zero-order chi connectivity index (χ0) is 11.7. The fourth-order valence-corrected chi connectivity index (χ4v) is 1.92. The molecule has 1 N–H and O–H groups in total. The third kappa shape index (κ3) is 1.89. The number of nitrogens with one attached hydrogen (secondary N) is 1. The SMILES string of the molecule is CNc1nc(-c2nccn2C)nc(C)c1I. The van der Waals surface area contributed by atoms with E-state index in [4.69, 9.17) is 0 Å². The van der Waals surface area contributed by atoms with Crippen LogP contribution in [0.4, 0.5) is 5.82 Å². The van der Waals surface area contributed by atoms with Gasteiger partial charge in [-0.25, -0.2) is 15.0 Å². The minimum absolute atomic E-state index is 0.648. The Labute approximate surface area is 107 Å². The molecule has 0 saturated heterocycles. The summed E-state index contributed by atoms with van der Waals surface area (Å²) in [7, 11) is 3.78. The molecular formula is C10H12IN5. The Bertz CT molecular complexity index is 520. The predicted molar refractivity (Wildman–Crippen MR) is 71.2 cm³/mol. The molecular weight excluding hydrogens is 317 g/mol. The summed E-state index contributed by atoms with van der Waals surface area (Å²) in [5.74, 6) is 2.26. The number of halogens is 1. The highest BCUT2D eigenvalue weighted by Crippen LogP contribution is 2.21. The molecule has 0 unspecified atom stereocenters. The van der Waals surface area contributed by atoms with Crippen molar-refractivity contribution < 1.29 is 0 Å². The van der Waals surface area contributed by atoms with Crippen LogP contribution in [-0.2, 0) is 7.05 Å². The van der Waals surface area contributed by atoms with Crippen LogP contribution in [0, 0.1) is 10.5 Å². The van der Waals surface area contributed by atoms with Gasteiger partial charge in [0.2, 0.25) is 0 Å². The highest BCUT2D eigenvalue weighted by molar-refractivity contribution is 14.1. The largest absolute Gasteiger partial charge is 0.372 e. The lowest BCUT2D eigenvalue weighted by atomic mass is 10.4. The van der Waals surface area contributed by atoms with Crippen LogP contribution in [0.15, 0.2) is 12.4 Å². The predicted octanol–water partition coefficient (Wildman–Crippen LogP) is 1.83. The summed E-state index contributed by atoms with van der Waals surface area (Å²) in [6.07, 6.45) is 3.62. The van der Waals surface area contributed by atoms with E-state index in [-0.39, 0.29) is 0 Å². The van der Waals surface area contributed by atoms with Crippen LogP contribution < -0.4 is 5.32 Å². The van der Waals surface area contributed by atoms with Gasteiger partial charge in [-0.3, -0.25) is 0 Å². The van der Waals surface area contributed by atoms with Crippen molar-refractivity contribution >= 4 is 28.4 Å². The summed E-state index contributed by atoms with van der Waals surface area (Å²) in [4.78, 5) is 13.1. The number of aryl methyl sites for hydroxylation is 2. The molecule has 0 aliphatic carbocycles. The van der Waals surface area contributed by atoms with Crippen molar-refractivity contribution in [1.82, 2.24) is 19.5 Å². The van der Waals surface area contributed by atoms with Crippen molar-refractivity contribution in [3.05, 3.63) is 21.7 Å². The van der Waals surface area contributed by atoms with Crippen LogP contribution >= 0.6 is 22.6 Å². The molecule has 2 heterocycles. The van der Waals surface area contributed by atoms with Gasteiger partial charge in [-0.15, -0.1) is 0 Å².